The maximum Gasteiger partial charge on any atom is 0.336 e. The van der Waals surface area contributed by atoms with Crippen molar-refractivity contribution in [1.82, 2.24) is 9.96 Å². The molecule has 34 heavy (non-hydrogen) atoms. The van der Waals surface area contributed by atoms with Crippen molar-refractivity contribution in [2.45, 2.75) is 75.9 Å². The van der Waals surface area contributed by atoms with E-state index in [1.807, 2.05) is 0 Å². The Morgan fingerprint density at radius 1 is 0.882 bits per heavy atom. The molecule has 0 spiro atoms. The van der Waals surface area contributed by atoms with Crippen molar-refractivity contribution in [2.75, 3.05) is 12.3 Å². The predicted octanol–water partition coefficient (Wildman–Crippen LogP) is 2.27. The lowest BCUT2D eigenvalue weighted by Crippen LogP contribution is -2.39. The summed E-state index contributed by atoms with van der Waals surface area (Å²) in [6, 6.07) is 0. The highest BCUT2D eigenvalue weighted by atomic mass is 32.2. The molecule has 0 aromatic heterocycles. The highest BCUT2D eigenvalue weighted by molar-refractivity contribution is 8.00. The summed E-state index contributed by atoms with van der Waals surface area (Å²) in [5.41, 5.74) is 0. The smallest absolute Gasteiger partial charge is 0.330 e. The number of rotatable bonds is 8. The zero-order chi connectivity index (χ0) is 24.2. The fourth-order valence-corrected chi connectivity index (χ4v) is 6.75. The lowest BCUT2D eigenvalue weighted by atomic mass is 9.82. The second-order valence-corrected chi connectivity index (χ2v) is 11.2. The summed E-state index contributed by atoms with van der Waals surface area (Å²) in [7, 11) is 0. The minimum Gasteiger partial charge on any atom is -0.330 e. The number of imide groups is 2. The van der Waals surface area contributed by atoms with Crippen LogP contribution in [0.1, 0.15) is 70.6 Å². The van der Waals surface area contributed by atoms with E-state index in [9.17, 15) is 28.8 Å². The molecule has 1 unspecified atom stereocenters. The van der Waals surface area contributed by atoms with Crippen LogP contribution >= 0.6 is 11.8 Å². The lowest BCUT2D eigenvalue weighted by Gasteiger charge is -2.30. The average Bonchev–Trinajstić information content (AvgIpc) is 3.30. The molecule has 4 amide bonds. The van der Waals surface area contributed by atoms with Crippen LogP contribution in [0.4, 0.5) is 0 Å². The lowest BCUT2D eigenvalue weighted by molar-refractivity contribution is -0.201. The molecule has 186 valence electrons. The number of carbonyl (C=O) groups excluding carboxylic acids is 6. The van der Waals surface area contributed by atoms with Crippen LogP contribution in [0.25, 0.3) is 0 Å². The molecule has 0 bridgehead atoms. The number of aldehydes is 1. The largest absolute Gasteiger partial charge is 0.336 e. The zero-order valence-electron chi connectivity index (χ0n) is 19.3. The topological polar surface area (TPSA) is 118 Å². The van der Waals surface area contributed by atoms with Gasteiger partial charge in [-0.25, -0.2) is 4.79 Å². The molecule has 2 aliphatic heterocycles. The van der Waals surface area contributed by atoms with Gasteiger partial charge in [-0.05, 0) is 69.0 Å². The summed E-state index contributed by atoms with van der Waals surface area (Å²) < 4.78 is 0. The Kier molecular flexibility index (Phi) is 8.06. The van der Waals surface area contributed by atoms with E-state index in [1.54, 1.807) is 11.8 Å². The number of nitrogens with zero attached hydrogens (tertiary/aromatic N) is 2. The molecule has 10 heteroatoms. The van der Waals surface area contributed by atoms with Gasteiger partial charge < -0.3 is 9.63 Å². The summed E-state index contributed by atoms with van der Waals surface area (Å²) in [4.78, 5) is 78.4. The number of likely N-dealkylation sites (tertiary alicyclic amines) is 1. The van der Waals surface area contributed by atoms with Gasteiger partial charge in [0.25, 0.3) is 11.8 Å². The van der Waals surface area contributed by atoms with Crippen molar-refractivity contribution in [1.29, 1.82) is 0 Å². The molecular weight excluding hydrogens is 460 g/mol. The zero-order valence-corrected chi connectivity index (χ0v) is 20.1. The minimum absolute atomic E-state index is 0.0668. The standard InChI is InChI=1S/C24H32N2O7S/c27-13-16-1-3-17(4-2-16)14-34-19-11-22(30)25(23(19)31)12-15-5-7-18(8-6-15)24(32)33-26-20(28)9-10-21(26)29/h13,15-19H,1-12,14H2. The molecule has 2 saturated heterocycles. The molecule has 9 nitrogen and oxygen atoms in total. The normalized spacial score (nSPS) is 32.4. The van der Waals surface area contributed by atoms with Crippen LogP contribution in [-0.2, 0) is 33.6 Å². The van der Waals surface area contributed by atoms with Gasteiger partial charge in [-0.3, -0.25) is 24.1 Å². The van der Waals surface area contributed by atoms with E-state index in [0.717, 1.165) is 37.7 Å². The Morgan fingerprint density at radius 3 is 2.12 bits per heavy atom. The number of carbonyl (C=O) groups is 6. The molecule has 0 N–H and O–H groups in total. The summed E-state index contributed by atoms with van der Waals surface area (Å²) in [5.74, 6) is -0.503. The molecular formula is C24H32N2O7S. The molecule has 0 radical (unpaired) electrons. The van der Waals surface area contributed by atoms with Gasteiger partial charge in [-0.15, -0.1) is 16.8 Å². The van der Waals surface area contributed by atoms with Gasteiger partial charge in [-0.1, -0.05) is 0 Å². The van der Waals surface area contributed by atoms with Crippen molar-refractivity contribution in [3.63, 3.8) is 0 Å². The Bertz CT molecular complexity index is 830. The van der Waals surface area contributed by atoms with Crippen molar-refractivity contribution in [3.05, 3.63) is 0 Å². The summed E-state index contributed by atoms with van der Waals surface area (Å²) in [5, 5.41) is 0.264. The first-order chi connectivity index (χ1) is 16.4. The van der Waals surface area contributed by atoms with Gasteiger partial charge in [0.1, 0.15) is 6.29 Å². The first kappa shape index (κ1) is 24.9. The monoisotopic (exact) mass is 492 g/mol. The van der Waals surface area contributed by atoms with Crippen LogP contribution < -0.4 is 0 Å². The fourth-order valence-electron chi connectivity index (χ4n) is 5.38. The van der Waals surface area contributed by atoms with Crippen LogP contribution in [0.15, 0.2) is 0 Å². The van der Waals surface area contributed by atoms with Crippen LogP contribution in [0, 0.1) is 23.7 Å². The van der Waals surface area contributed by atoms with Gasteiger partial charge in [-0.2, -0.15) is 0 Å². The SMILES string of the molecule is O=CC1CCC(CSC2CC(=O)N(CC3CCC(C(=O)ON4C(=O)CCC4=O)CC3)C2=O)CC1. The first-order valence-corrected chi connectivity index (χ1v) is 13.4. The third-order valence-corrected chi connectivity index (χ3v) is 9.06. The molecule has 2 aliphatic carbocycles. The van der Waals surface area contributed by atoms with E-state index in [0.29, 0.717) is 43.2 Å². The van der Waals surface area contributed by atoms with Crippen molar-refractivity contribution < 1.29 is 33.6 Å². The second-order valence-electron chi connectivity index (χ2n) is 10.00. The van der Waals surface area contributed by atoms with Crippen molar-refractivity contribution in [3.8, 4) is 0 Å². The third kappa shape index (κ3) is 5.70. The van der Waals surface area contributed by atoms with E-state index in [-0.39, 0.29) is 54.1 Å². The van der Waals surface area contributed by atoms with E-state index < -0.39 is 17.8 Å². The number of thioether (sulfide) groups is 1. The average molecular weight is 493 g/mol. The van der Waals surface area contributed by atoms with Crippen LogP contribution in [0.5, 0.6) is 0 Å². The number of amides is 4. The van der Waals surface area contributed by atoms with Gasteiger partial charge >= 0.3 is 5.97 Å². The molecule has 0 aromatic rings. The molecule has 0 aromatic carbocycles. The summed E-state index contributed by atoms with van der Waals surface area (Å²) in [6.45, 7) is 0.379. The van der Waals surface area contributed by atoms with Crippen LogP contribution in [0.3, 0.4) is 0 Å². The second kappa shape index (κ2) is 11.0. The Labute approximate surface area is 203 Å². The van der Waals surface area contributed by atoms with E-state index in [2.05, 4.69) is 0 Å². The molecule has 2 heterocycles. The molecule has 4 aliphatic rings. The van der Waals surface area contributed by atoms with Crippen molar-refractivity contribution >= 4 is 47.6 Å². The van der Waals surface area contributed by atoms with Gasteiger partial charge in [0, 0.05) is 31.7 Å². The summed E-state index contributed by atoms with van der Waals surface area (Å²) >= 11 is 1.58. The molecule has 2 saturated carbocycles. The third-order valence-electron chi connectivity index (χ3n) is 7.63. The Hall–Kier alpha value is -2.23. The number of hydrogen-bond donors (Lipinski definition) is 0. The number of hydroxylamine groups is 2. The van der Waals surface area contributed by atoms with Gasteiger partial charge in [0.05, 0.1) is 11.2 Å². The Balaban J connectivity index is 1.19. The molecule has 4 rings (SSSR count). The fraction of sp³-hybridized carbons (Fsp3) is 0.750. The number of hydrogen-bond acceptors (Lipinski definition) is 8. The van der Waals surface area contributed by atoms with E-state index >= 15 is 0 Å². The highest BCUT2D eigenvalue weighted by Crippen LogP contribution is 2.36. The predicted molar refractivity (Wildman–Crippen MR) is 122 cm³/mol. The maximum absolute atomic E-state index is 12.9. The van der Waals surface area contributed by atoms with Gasteiger partial charge in [0.2, 0.25) is 11.8 Å². The quantitative estimate of drug-likeness (QED) is 0.374. The van der Waals surface area contributed by atoms with Crippen molar-refractivity contribution in [2.24, 2.45) is 23.7 Å². The van der Waals surface area contributed by atoms with E-state index in [1.165, 1.54) is 4.90 Å². The summed E-state index contributed by atoms with van der Waals surface area (Å²) in [6.07, 6.45) is 7.69. The minimum atomic E-state index is -0.561. The Morgan fingerprint density at radius 2 is 1.50 bits per heavy atom. The maximum atomic E-state index is 12.9. The highest BCUT2D eigenvalue weighted by Gasteiger charge is 2.41. The van der Waals surface area contributed by atoms with Crippen LogP contribution in [-0.4, -0.2) is 63.4 Å². The molecule has 1 atom stereocenters. The van der Waals surface area contributed by atoms with E-state index in [4.69, 9.17) is 4.84 Å². The first-order valence-electron chi connectivity index (χ1n) is 12.3. The van der Waals surface area contributed by atoms with Crippen LogP contribution in [0.2, 0.25) is 0 Å². The molecule has 4 fully saturated rings. The van der Waals surface area contributed by atoms with Gasteiger partial charge in [0.15, 0.2) is 0 Å².